The fourth-order valence-electron chi connectivity index (χ4n) is 1.55. The number of hydrogen-bond acceptors (Lipinski definition) is 4. The summed E-state index contributed by atoms with van der Waals surface area (Å²) in [5.41, 5.74) is 0.120. The van der Waals surface area contributed by atoms with Crippen LogP contribution >= 0.6 is 31.9 Å². The highest BCUT2D eigenvalue weighted by atomic mass is 79.9. The van der Waals surface area contributed by atoms with Crippen LogP contribution in [-0.4, -0.2) is 11.2 Å². The maximum absolute atomic E-state index is 11.0. The van der Waals surface area contributed by atoms with E-state index < -0.39 is 4.92 Å². The Hall–Kier alpha value is -1.73. The van der Waals surface area contributed by atoms with Gasteiger partial charge in [-0.2, -0.15) is 0 Å². The molecule has 0 amide bonds. The Morgan fingerprint density at radius 3 is 2.60 bits per heavy atom. The summed E-state index contributed by atoms with van der Waals surface area (Å²) in [4.78, 5) is 21.5. The number of nitro benzene ring substituents is 1. The molecule has 20 heavy (non-hydrogen) atoms. The molecule has 0 aliphatic carbocycles. The van der Waals surface area contributed by atoms with E-state index in [4.69, 9.17) is 4.74 Å². The number of carbonyl (C=O) groups is 1. The van der Waals surface area contributed by atoms with Gasteiger partial charge in [-0.05, 0) is 40.2 Å². The van der Waals surface area contributed by atoms with Crippen LogP contribution in [0.25, 0.3) is 0 Å². The lowest BCUT2D eigenvalue weighted by atomic mass is 10.2. The zero-order valence-corrected chi connectivity index (χ0v) is 13.0. The number of para-hydroxylation sites is 1. The second-order valence-corrected chi connectivity index (χ2v) is 5.52. The molecule has 5 nitrogen and oxygen atoms in total. The fourth-order valence-corrected chi connectivity index (χ4v) is 2.32. The first-order valence-electron chi connectivity index (χ1n) is 5.38. The molecule has 2 aromatic carbocycles. The summed E-state index contributed by atoms with van der Waals surface area (Å²) in [5.74, 6) is 0.295. The number of hydrogen-bond donors (Lipinski definition) is 0. The molecule has 0 atom stereocenters. The molecule has 0 saturated carbocycles. The van der Waals surface area contributed by atoms with E-state index in [1.54, 1.807) is 24.3 Å². The van der Waals surface area contributed by atoms with Crippen LogP contribution in [0.2, 0.25) is 0 Å². The zero-order valence-electron chi connectivity index (χ0n) is 9.88. The quantitative estimate of drug-likeness (QED) is 0.422. The molecule has 0 aliphatic rings. The average Bonchev–Trinajstić information content (AvgIpc) is 2.41. The van der Waals surface area contributed by atoms with Crippen molar-refractivity contribution >= 4 is 43.8 Å². The van der Waals surface area contributed by atoms with E-state index in [1.807, 2.05) is 0 Å². The molecule has 7 heteroatoms. The molecule has 0 fully saturated rings. The molecule has 0 N–H and O–H groups in total. The Kier molecular flexibility index (Phi) is 4.51. The van der Waals surface area contributed by atoms with Gasteiger partial charge in [-0.25, -0.2) is 0 Å². The maximum Gasteiger partial charge on any atom is 0.312 e. The number of ether oxygens (including phenoxy) is 1. The molecule has 0 bridgehead atoms. The molecule has 0 spiro atoms. The highest BCUT2D eigenvalue weighted by Crippen LogP contribution is 2.39. The van der Waals surface area contributed by atoms with Gasteiger partial charge in [0.15, 0.2) is 6.29 Å². The summed E-state index contributed by atoms with van der Waals surface area (Å²) in [5, 5.41) is 11.0. The Morgan fingerprint density at radius 1 is 1.20 bits per heavy atom. The third kappa shape index (κ3) is 3.05. The van der Waals surface area contributed by atoms with Gasteiger partial charge in [0, 0.05) is 10.5 Å². The zero-order chi connectivity index (χ0) is 14.7. The Morgan fingerprint density at radius 2 is 1.95 bits per heavy atom. The minimum absolute atomic E-state index is 0.0544. The third-order valence-electron chi connectivity index (χ3n) is 2.46. The molecule has 0 aliphatic heterocycles. The number of aldehydes is 1. The first-order chi connectivity index (χ1) is 9.52. The summed E-state index contributed by atoms with van der Waals surface area (Å²) < 4.78 is 6.69. The van der Waals surface area contributed by atoms with Crippen LogP contribution in [0.4, 0.5) is 5.69 Å². The lowest BCUT2D eigenvalue weighted by Gasteiger charge is -2.10. The van der Waals surface area contributed by atoms with E-state index in [2.05, 4.69) is 31.9 Å². The van der Waals surface area contributed by atoms with Crippen molar-refractivity contribution in [3.63, 3.8) is 0 Å². The van der Waals surface area contributed by atoms with E-state index in [-0.39, 0.29) is 17.2 Å². The number of nitrogens with zero attached hydrogens (tertiary/aromatic N) is 1. The third-order valence-corrected chi connectivity index (χ3v) is 3.58. The van der Waals surface area contributed by atoms with Gasteiger partial charge in [-0.3, -0.25) is 14.9 Å². The van der Waals surface area contributed by atoms with Crippen molar-refractivity contribution < 1.29 is 14.5 Å². The highest BCUT2D eigenvalue weighted by molar-refractivity contribution is 9.10. The van der Waals surface area contributed by atoms with Crippen LogP contribution in [0, 0.1) is 10.1 Å². The van der Waals surface area contributed by atoms with Crippen LogP contribution in [0.1, 0.15) is 10.4 Å². The van der Waals surface area contributed by atoms with Crippen LogP contribution in [0.3, 0.4) is 0 Å². The van der Waals surface area contributed by atoms with Crippen LogP contribution in [-0.2, 0) is 0 Å². The summed E-state index contributed by atoms with van der Waals surface area (Å²) in [6, 6.07) is 9.32. The van der Waals surface area contributed by atoms with E-state index in [0.717, 1.165) is 0 Å². The lowest BCUT2D eigenvalue weighted by molar-refractivity contribution is -0.385. The number of rotatable bonds is 4. The smallest absolute Gasteiger partial charge is 0.312 e. The van der Waals surface area contributed by atoms with Crippen molar-refractivity contribution in [2.24, 2.45) is 0 Å². The van der Waals surface area contributed by atoms with Crippen LogP contribution in [0.5, 0.6) is 11.5 Å². The largest absolute Gasteiger partial charge is 0.448 e. The minimum atomic E-state index is -0.543. The van der Waals surface area contributed by atoms with Crippen molar-refractivity contribution in [2.45, 2.75) is 0 Å². The van der Waals surface area contributed by atoms with Crippen LogP contribution < -0.4 is 4.74 Å². The fraction of sp³-hybridized carbons (Fsp3) is 0. The normalized spacial score (nSPS) is 10.1. The molecular weight excluding hydrogens is 394 g/mol. The topological polar surface area (TPSA) is 69.4 Å². The summed E-state index contributed by atoms with van der Waals surface area (Å²) in [7, 11) is 0. The number of halogens is 2. The van der Waals surface area contributed by atoms with Crippen molar-refractivity contribution in [3.8, 4) is 11.5 Å². The summed E-state index contributed by atoms with van der Waals surface area (Å²) in [6.45, 7) is 0. The monoisotopic (exact) mass is 399 g/mol. The highest BCUT2D eigenvalue weighted by Gasteiger charge is 2.19. The van der Waals surface area contributed by atoms with E-state index in [0.29, 0.717) is 20.8 Å². The Bertz CT molecular complexity index is 688. The number of benzene rings is 2. The van der Waals surface area contributed by atoms with E-state index in [1.165, 1.54) is 12.1 Å². The van der Waals surface area contributed by atoms with E-state index >= 15 is 0 Å². The predicted octanol–water partition coefficient (Wildman–Crippen LogP) is 4.72. The maximum atomic E-state index is 11.0. The molecular formula is C13H7Br2NO4. The second-order valence-electron chi connectivity index (χ2n) is 3.75. The number of nitro groups is 1. The minimum Gasteiger partial charge on any atom is -0.448 e. The predicted molar refractivity (Wildman–Crippen MR) is 80.4 cm³/mol. The van der Waals surface area contributed by atoms with E-state index in [9.17, 15) is 14.9 Å². The first-order valence-corrected chi connectivity index (χ1v) is 6.97. The summed E-state index contributed by atoms with van der Waals surface area (Å²) >= 11 is 6.47. The average molecular weight is 401 g/mol. The van der Waals surface area contributed by atoms with Gasteiger partial charge < -0.3 is 4.74 Å². The van der Waals surface area contributed by atoms with Gasteiger partial charge in [0.1, 0.15) is 5.75 Å². The molecule has 0 heterocycles. The van der Waals surface area contributed by atoms with Crippen molar-refractivity contribution in [1.29, 1.82) is 0 Å². The van der Waals surface area contributed by atoms with Gasteiger partial charge in [-0.1, -0.05) is 22.0 Å². The van der Waals surface area contributed by atoms with Crippen molar-refractivity contribution in [1.82, 2.24) is 0 Å². The molecule has 2 rings (SSSR count). The second kappa shape index (κ2) is 6.15. The first kappa shape index (κ1) is 14.7. The van der Waals surface area contributed by atoms with Gasteiger partial charge in [0.05, 0.1) is 15.0 Å². The molecule has 2 aromatic rings. The van der Waals surface area contributed by atoms with Gasteiger partial charge >= 0.3 is 5.69 Å². The SMILES string of the molecule is O=Cc1ccc(Br)cc1Oc1c(Br)cccc1[N+](=O)[O-]. The number of carbonyl (C=O) groups excluding carboxylic acids is 1. The molecule has 0 unspecified atom stereocenters. The molecule has 0 aromatic heterocycles. The summed E-state index contributed by atoms with van der Waals surface area (Å²) in [6.07, 6.45) is 0.629. The lowest BCUT2D eigenvalue weighted by Crippen LogP contribution is -1.96. The van der Waals surface area contributed by atoms with Crippen LogP contribution in [0.15, 0.2) is 45.3 Å². The van der Waals surface area contributed by atoms with Gasteiger partial charge in [-0.15, -0.1) is 0 Å². The van der Waals surface area contributed by atoms with Crippen molar-refractivity contribution in [2.75, 3.05) is 0 Å². The van der Waals surface area contributed by atoms with Gasteiger partial charge in [0.25, 0.3) is 0 Å². The molecule has 0 radical (unpaired) electrons. The molecule has 102 valence electrons. The van der Waals surface area contributed by atoms with Crippen molar-refractivity contribution in [3.05, 3.63) is 61.0 Å². The molecule has 0 saturated heterocycles. The Labute approximate surface area is 131 Å². The van der Waals surface area contributed by atoms with Gasteiger partial charge in [0.2, 0.25) is 5.75 Å². The standard InChI is InChI=1S/C13H7Br2NO4/c14-9-5-4-8(7-17)12(6-9)20-13-10(15)2-1-3-11(13)16(18)19/h1-7H. The Balaban J connectivity index is 2.52.